The van der Waals surface area contributed by atoms with Gasteiger partial charge in [-0.2, -0.15) is 13.2 Å². The molecule has 2 N–H and O–H groups in total. The van der Waals surface area contributed by atoms with E-state index < -0.39 is 18.8 Å². The lowest BCUT2D eigenvalue weighted by Crippen LogP contribution is -2.37. The Bertz CT molecular complexity index is 581. The van der Waals surface area contributed by atoms with Gasteiger partial charge in [0, 0.05) is 11.9 Å². The number of aliphatic hydroxyl groups is 1. The maximum atomic E-state index is 12.0. The molecule has 0 spiro atoms. The van der Waals surface area contributed by atoms with Crippen molar-refractivity contribution in [3.8, 4) is 5.75 Å². The normalized spacial score (nSPS) is 13.3. The minimum Gasteiger partial charge on any atom is -0.490 e. The quantitative estimate of drug-likeness (QED) is 0.862. The molecule has 6 heteroatoms. The lowest BCUT2D eigenvalue weighted by molar-refractivity contribution is -0.125. The van der Waals surface area contributed by atoms with Crippen LogP contribution in [-0.2, 0) is 0 Å². The number of ether oxygens (including phenoxy) is 1. The predicted octanol–water partition coefficient (Wildman–Crippen LogP) is 2.73. The molecule has 0 amide bonds. The summed E-state index contributed by atoms with van der Waals surface area (Å²) in [6, 6.07) is 13.1. The molecule has 21 heavy (non-hydrogen) atoms. The Balaban J connectivity index is 1.87. The summed E-state index contributed by atoms with van der Waals surface area (Å²) in [4.78, 5) is 0. The molecule has 0 unspecified atom stereocenters. The first kappa shape index (κ1) is 15.6. The summed E-state index contributed by atoms with van der Waals surface area (Å²) in [6.07, 6.45) is -5.29. The number of aliphatic hydroxyl groups excluding tert-OH is 1. The van der Waals surface area contributed by atoms with Crippen LogP contribution >= 0.6 is 0 Å². The van der Waals surface area contributed by atoms with Crippen molar-refractivity contribution >= 4 is 10.8 Å². The molecule has 114 valence electrons. The van der Waals surface area contributed by atoms with Crippen LogP contribution in [0.2, 0.25) is 0 Å². The van der Waals surface area contributed by atoms with Gasteiger partial charge in [-0.05, 0) is 11.5 Å². The van der Waals surface area contributed by atoms with Crippen LogP contribution in [0, 0.1) is 0 Å². The molecular weight excluding hydrogens is 283 g/mol. The summed E-state index contributed by atoms with van der Waals surface area (Å²) < 4.78 is 41.4. The lowest BCUT2D eigenvalue weighted by Gasteiger charge is -2.15. The zero-order valence-electron chi connectivity index (χ0n) is 11.2. The van der Waals surface area contributed by atoms with Gasteiger partial charge >= 0.3 is 6.18 Å². The van der Waals surface area contributed by atoms with Crippen LogP contribution in [0.3, 0.4) is 0 Å². The molecule has 0 aliphatic heterocycles. The van der Waals surface area contributed by atoms with E-state index in [1.165, 1.54) is 0 Å². The molecule has 0 radical (unpaired) electrons. The number of nitrogens with one attached hydrogen (secondary N) is 1. The van der Waals surface area contributed by atoms with Crippen LogP contribution in [0.25, 0.3) is 10.8 Å². The van der Waals surface area contributed by atoms with E-state index in [1.807, 2.05) is 36.4 Å². The summed E-state index contributed by atoms with van der Waals surface area (Å²) in [6.45, 7) is -1.37. The molecule has 0 fully saturated rings. The van der Waals surface area contributed by atoms with Crippen molar-refractivity contribution in [1.29, 1.82) is 0 Å². The number of halogens is 3. The first-order valence-electron chi connectivity index (χ1n) is 6.52. The summed E-state index contributed by atoms with van der Waals surface area (Å²) in [5.74, 6) is 0.600. The van der Waals surface area contributed by atoms with Crippen LogP contribution in [0.1, 0.15) is 0 Å². The van der Waals surface area contributed by atoms with E-state index in [4.69, 9.17) is 4.74 Å². The zero-order valence-corrected chi connectivity index (χ0v) is 11.2. The number of hydrogen-bond acceptors (Lipinski definition) is 3. The molecule has 0 heterocycles. The monoisotopic (exact) mass is 299 g/mol. The van der Waals surface area contributed by atoms with Gasteiger partial charge in [0.25, 0.3) is 0 Å². The van der Waals surface area contributed by atoms with E-state index in [9.17, 15) is 18.3 Å². The van der Waals surface area contributed by atoms with E-state index in [2.05, 4.69) is 5.32 Å². The maximum absolute atomic E-state index is 12.0. The van der Waals surface area contributed by atoms with Gasteiger partial charge in [-0.25, -0.2) is 0 Å². The third-order valence-corrected chi connectivity index (χ3v) is 2.89. The van der Waals surface area contributed by atoms with E-state index in [0.717, 1.165) is 10.8 Å². The summed E-state index contributed by atoms with van der Waals surface area (Å²) in [5.41, 5.74) is 0. The number of benzene rings is 2. The molecule has 0 saturated heterocycles. The fourth-order valence-corrected chi connectivity index (χ4v) is 1.95. The van der Waals surface area contributed by atoms with Crippen molar-refractivity contribution in [3.63, 3.8) is 0 Å². The molecule has 3 nitrogen and oxygen atoms in total. The maximum Gasteiger partial charge on any atom is 0.401 e. The van der Waals surface area contributed by atoms with Crippen molar-refractivity contribution in [2.45, 2.75) is 12.3 Å². The summed E-state index contributed by atoms with van der Waals surface area (Å²) in [5, 5.41) is 13.7. The molecule has 0 bridgehead atoms. The fraction of sp³-hybridized carbons (Fsp3) is 0.333. The minimum atomic E-state index is -4.28. The van der Waals surface area contributed by atoms with Crippen LogP contribution in [0.5, 0.6) is 5.75 Å². The van der Waals surface area contributed by atoms with E-state index in [0.29, 0.717) is 5.75 Å². The SMILES string of the molecule is O[C@@H](CNCC(F)(F)F)COc1cccc2ccccc12. The number of fused-ring (bicyclic) bond motifs is 1. The predicted molar refractivity (Wildman–Crippen MR) is 74.4 cm³/mol. The van der Waals surface area contributed by atoms with Crippen molar-refractivity contribution in [1.82, 2.24) is 5.32 Å². The van der Waals surface area contributed by atoms with Crippen molar-refractivity contribution in [2.24, 2.45) is 0 Å². The highest BCUT2D eigenvalue weighted by molar-refractivity contribution is 5.88. The molecule has 2 aromatic carbocycles. The largest absolute Gasteiger partial charge is 0.490 e. The molecule has 0 saturated carbocycles. The second-order valence-corrected chi connectivity index (χ2v) is 4.69. The van der Waals surface area contributed by atoms with Gasteiger partial charge in [0.1, 0.15) is 18.5 Å². The lowest BCUT2D eigenvalue weighted by atomic mass is 10.1. The zero-order chi connectivity index (χ0) is 15.3. The number of hydrogen-bond donors (Lipinski definition) is 2. The average Bonchev–Trinajstić information content (AvgIpc) is 2.43. The Labute approximate surface area is 120 Å². The van der Waals surface area contributed by atoms with E-state index in [1.54, 1.807) is 6.07 Å². The average molecular weight is 299 g/mol. The highest BCUT2D eigenvalue weighted by Gasteiger charge is 2.26. The van der Waals surface area contributed by atoms with Gasteiger partial charge in [-0.15, -0.1) is 0 Å². The Hall–Kier alpha value is -1.79. The standard InChI is InChI=1S/C15H16F3NO2/c16-15(17,18)10-19-8-12(20)9-21-14-7-3-5-11-4-1-2-6-13(11)14/h1-7,12,19-20H,8-10H2/t12-/m0/s1. The van der Waals surface area contributed by atoms with Crippen LogP contribution in [0.4, 0.5) is 13.2 Å². The Morgan fingerprint density at radius 3 is 2.57 bits per heavy atom. The van der Waals surface area contributed by atoms with Gasteiger partial charge in [-0.1, -0.05) is 36.4 Å². The molecule has 2 rings (SSSR count). The first-order chi connectivity index (χ1) is 9.96. The second-order valence-electron chi connectivity index (χ2n) is 4.69. The molecule has 1 atom stereocenters. The first-order valence-corrected chi connectivity index (χ1v) is 6.52. The van der Waals surface area contributed by atoms with Gasteiger partial charge in [0.05, 0.1) is 6.54 Å². The van der Waals surface area contributed by atoms with Crippen molar-refractivity contribution < 1.29 is 23.0 Å². The van der Waals surface area contributed by atoms with Crippen molar-refractivity contribution in [2.75, 3.05) is 19.7 Å². The second kappa shape index (κ2) is 6.78. The molecular formula is C15H16F3NO2. The Kier molecular flexibility index (Phi) is 5.03. The topological polar surface area (TPSA) is 41.5 Å². The van der Waals surface area contributed by atoms with Crippen LogP contribution in [0.15, 0.2) is 42.5 Å². The molecule has 2 aromatic rings. The molecule has 0 aliphatic rings. The van der Waals surface area contributed by atoms with Crippen LogP contribution < -0.4 is 10.1 Å². The van der Waals surface area contributed by atoms with Gasteiger partial charge in [0.15, 0.2) is 0 Å². The minimum absolute atomic E-state index is 0.0706. The number of alkyl halides is 3. The molecule has 0 aromatic heterocycles. The highest BCUT2D eigenvalue weighted by Crippen LogP contribution is 2.25. The van der Waals surface area contributed by atoms with E-state index >= 15 is 0 Å². The highest BCUT2D eigenvalue weighted by atomic mass is 19.4. The third-order valence-electron chi connectivity index (χ3n) is 2.89. The van der Waals surface area contributed by atoms with Crippen LogP contribution in [-0.4, -0.2) is 37.1 Å². The Morgan fingerprint density at radius 2 is 1.81 bits per heavy atom. The Morgan fingerprint density at radius 1 is 1.10 bits per heavy atom. The van der Waals surface area contributed by atoms with E-state index in [-0.39, 0.29) is 13.2 Å². The third kappa shape index (κ3) is 4.91. The van der Waals surface area contributed by atoms with Crippen molar-refractivity contribution in [3.05, 3.63) is 42.5 Å². The van der Waals surface area contributed by atoms with Gasteiger partial charge in [-0.3, -0.25) is 0 Å². The molecule has 0 aliphatic carbocycles. The van der Waals surface area contributed by atoms with Gasteiger partial charge in [0.2, 0.25) is 0 Å². The fourth-order valence-electron chi connectivity index (χ4n) is 1.95. The summed E-state index contributed by atoms with van der Waals surface area (Å²) in [7, 11) is 0. The summed E-state index contributed by atoms with van der Waals surface area (Å²) >= 11 is 0. The number of rotatable bonds is 6. The smallest absolute Gasteiger partial charge is 0.401 e. The van der Waals surface area contributed by atoms with Gasteiger partial charge < -0.3 is 15.2 Å².